The number of nitrogens with zero attached hydrogens (tertiary/aromatic N) is 2. The van der Waals surface area contributed by atoms with Crippen LogP contribution in [0.15, 0.2) is 17.5 Å². The number of β-amino-alcohol motifs (C(OH)–C–C–N with tert-alkyl or cyclic N) is 1. The zero-order chi connectivity index (χ0) is 15.1. The number of amides is 1. The van der Waals surface area contributed by atoms with Gasteiger partial charge in [0.2, 0.25) is 5.91 Å². The summed E-state index contributed by atoms with van der Waals surface area (Å²) in [4.78, 5) is 17.4. The Morgan fingerprint density at radius 1 is 1.43 bits per heavy atom. The lowest BCUT2D eigenvalue weighted by Crippen LogP contribution is -2.51. The molecule has 0 bridgehead atoms. The molecule has 6 heteroatoms. The molecule has 1 atom stereocenters. The third kappa shape index (κ3) is 5.39. The van der Waals surface area contributed by atoms with Gasteiger partial charge in [-0.05, 0) is 18.4 Å². The molecule has 2 heterocycles. The van der Waals surface area contributed by atoms with Gasteiger partial charge in [0.1, 0.15) is 0 Å². The van der Waals surface area contributed by atoms with E-state index in [4.69, 9.17) is 4.74 Å². The summed E-state index contributed by atoms with van der Waals surface area (Å²) >= 11 is 1.63. The Kier molecular flexibility index (Phi) is 6.63. The first-order valence-corrected chi connectivity index (χ1v) is 8.35. The first kappa shape index (κ1) is 16.4. The van der Waals surface area contributed by atoms with Gasteiger partial charge in [0.15, 0.2) is 0 Å². The van der Waals surface area contributed by atoms with E-state index in [2.05, 4.69) is 4.90 Å². The molecule has 1 amide bonds. The summed E-state index contributed by atoms with van der Waals surface area (Å²) in [5.74, 6) is 0.201. The fraction of sp³-hybridized carbons (Fsp3) is 0.667. The van der Waals surface area contributed by atoms with Crippen LogP contribution in [0.1, 0.15) is 11.8 Å². The van der Waals surface area contributed by atoms with Crippen molar-refractivity contribution in [2.24, 2.45) is 0 Å². The largest absolute Gasteiger partial charge is 0.389 e. The van der Waals surface area contributed by atoms with E-state index >= 15 is 0 Å². The first-order valence-electron chi connectivity index (χ1n) is 7.47. The van der Waals surface area contributed by atoms with Gasteiger partial charge in [-0.2, -0.15) is 0 Å². The molecule has 21 heavy (non-hydrogen) atoms. The second-order valence-corrected chi connectivity index (χ2v) is 6.28. The van der Waals surface area contributed by atoms with Crippen LogP contribution in [0.25, 0.3) is 0 Å². The Hall–Kier alpha value is -0.950. The number of piperazine rings is 1. The minimum Gasteiger partial charge on any atom is -0.389 e. The lowest BCUT2D eigenvalue weighted by atomic mass is 10.2. The third-order valence-electron chi connectivity index (χ3n) is 3.61. The molecule has 0 saturated carbocycles. The standard InChI is InChI=1S/C15H24N2O3S/c1-2-20-12-13(18)11-16-5-7-17(8-6-16)15(19)10-14-4-3-9-21-14/h3-4,9,13,18H,2,5-8,10-12H2,1H3. The van der Waals surface area contributed by atoms with Crippen LogP contribution in [0.5, 0.6) is 0 Å². The number of hydrogen-bond acceptors (Lipinski definition) is 5. The van der Waals surface area contributed by atoms with Crippen LogP contribution >= 0.6 is 11.3 Å². The number of ether oxygens (including phenoxy) is 1. The molecule has 1 aromatic rings. The van der Waals surface area contributed by atoms with E-state index in [0.29, 0.717) is 26.2 Å². The number of thiophene rings is 1. The zero-order valence-electron chi connectivity index (χ0n) is 12.5. The van der Waals surface area contributed by atoms with Crippen molar-refractivity contribution in [2.45, 2.75) is 19.4 Å². The van der Waals surface area contributed by atoms with E-state index in [-0.39, 0.29) is 5.91 Å². The van der Waals surface area contributed by atoms with Crippen molar-refractivity contribution in [3.05, 3.63) is 22.4 Å². The van der Waals surface area contributed by atoms with Crippen molar-refractivity contribution < 1.29 is 14.6 Å². The van der Waals surface area contributed by atoms with Gasteiger partial charge >= 0.3 is 0 Å². The van der Waals surface area contributed by atoms with Crippen molar-refractivity contribution in [3.8, 4) is 0 Å². The highest BCUT2D eigenvalue weighted by atomic mass is 32.1. The highest BCUT2D eigenvalue weighted by Crippen LogP contribution is 2.12. The van der Waals surface area contributed by atoms with Gasteiger partial charge < -0.3 is 14.7 Å². The van der Waals surface area contributed by atoms with Crippen LogP contribution in [0.2, 0.25) is 0 Å². The normalized spacial score (nSPS) is 17.9. The molecular formula is C15H24N2O3S. The maximum absolute atomic E-state index is 12.2. The minimum absolute atomic E-state index is 0.201. The molecule has 118 valence electrons. The van der Waals surface area contributed by atoms with Gasteiger partial charge in [-0.25, -0.2) is 0 Å². The van der Waals surface area contributed by atoms with E-state index in [1.54, 1.807) is 11.3 Å². The Morgan fingerprint density at radius 2 is 2.19 bits per heavy atom. The Bertz CT molecular complexity index is 417. The van der Waals surface area contributed by atoms with E-state index in [9.17, 15) is 9.90 Å². The van der Waals surface area contributed by atoms with Crippen LogP contribution in [0, 0.1) is 0 Å². The molecule has 1 aromatic heterocycles. The summed E-state index contributed by atoms with van der Waals surface area (Å²) in [6, 6.07) is 3.98. The second-order valence-electron chi connectivity index (χ2n) is 5.25. The summed E-state index contributed by atoms with van der Waals surface area (Å²) in [6.07, 6.45) is 0.0586. The number of aliphatic hydroxyl groups is 1. The molecule has 1 unspecified atom stereocenters. The lowest BCUT2D eigenvalue weighted by Gasteiger charge is -2.35. The molecule has 1 aliphatic rings. The van der Waals surface area contributed by atoms with Crippen LogP contribution < -0.4 is 0 Å². The molecule has 0 spiro atoms. The van der Waals surface area contributed by atoms with E-state index in [0.717, 1.165) is 31.1 Å². The molecule has 1 aliphatic heterocycles. The van der Waals surface area contributed by atoms with E-state index in [1.807, 2.05) is 29.3 Å². The molecule has 0 aliphatic carbocycles. The second kappa shape index (κ2) is 8.48. The van der Waals surface area contributed by atoms with Crippen molar-refractivity contribution in [1.29, 1.82) is 0 Å². The van der Waals surface area contributed by atoms with Gasteiger partial charge in [-0.15, -0.1) is 11.3 Å². The summed E-state index contributed by atoms with van der Waals surface area (Å²) in [7, 11) is 0. The van der Waals surface area contributed by atoms with Crippen molar-refractivity contribution in [3.63, 3.8) is 0 Å². The zero-order valence-corrected chi connectivity index (χ0v) is 13.3. The molecule has 1 N–H and O–H groups in total. The molecule has 1 saturated heterocycles. The molecule has 1 fully saturated rings. The van der Waals surface area contributed by atoms with Crippen LogP contribution in [-0.2, 0) is 16.0 Å². The molecule has 0 aromatic carbocycles. The Morgan fingerprint density at radius 3 is 2.81 bits per heavy atom. The van der Waals surface area contributed by atoms with E-state index < -0.39 is 6.10 Å². The molecular weight excluding hydrogens is 288 g/mol. The monoisotopic (exact) mass is 312 g/mol. The molecule has 0 radical (unpaired) electrons. The number of rotatable bonds is 7. The Labute approximate surface area is 130 Å². The maximum atomic E-state index is 12.2. The van der Waals surface area contributed by atoms with Gasteiger partial charge in [0.05, 0.1) is 19.1 Å². The summed E-state index contributed by atoms with van der Waals surface area (Å²) < 4.78 is 5.21. The van der Waals surface area contributed by atoms with Crippen LogP contribution in [0.3, 0.4) is 0 Å². The maximum Gasteiger partial charge on any atom is 0.227 e. The van der Waals surface area contributed by atoms with Crippen molar-refractivity contribution >= 4 is 17.2 Å². The van der Waals surface area contributed by atoms with Gasteiger partial charge in [0, 0.05) is 44.2 Å². The minimum atomic E-state index is -0.446. The third-order valence-corrected chi connectivity index (χ3v) is 4.49. The number of aliphatic hydroxyl groups excluding tert-OH is 1. The van der Waals surface area contributed by atoms with Gasteiger partial charge in [-0.3, -0.25) is 9.69 Å². The van der Waals surface area contributed by atoms with Gasteiger partial charge in [-0.1, -0.05) is 6.07 Å². The highest BCUT2D eigenvalue weighted by Gasteiger charge is 2.22. The lowest BCUT2D eigenvalue weighted by molar-refractivity contribution is -0.132. The van der Waals surface area contributed by atoms with Crippen LogP contribution in [-0.4, -0.2) is 72.9 Å². The van der Waals surface area contributed by atoms with Crippen LogP contribution in [0.4, 0.5) is 0 Å². The fourth-order valence-electron chi connectivity index (χ4n) is 2.46. The summed E-state index contributed by atoms with van der Waals surface area (Å²) in [5.41, 5.74) is 0. The highest BCUT2D eigenvalue weighted by molar-refractivity contribution is 7.10. The van der Waals surface area contributed by atoms with Crippen molar-refractivity contribution in [1.82, 2.24) is 9.80 Å². The number of carbonyl (C=O) groups excluding carboxylic acids is 1. The summed E-state index contributed by atoms with van der Waals surface area (Å²) in [6.45, 7) is 6.67. The van der Waals surface area contributed by atoms with Crippen molar-refractivity contribution in [2.75, 3.05) is 45.9 Å². The number of hydrogen-bond donors (Lipinski definition) is 1. The first-order chi connectivity index (χ1) is 10.2. The average Bonchev–Trinajstić information content (AvgIpc) is 2.98. The molecule has 2 rings (SSSR count). The van der Waals surface area contributed by atoms with E-state index in [1.165, 1.54) is 0 Å². The summed E-state index contributed by atoms with van der Waals surface area (Å²) in [5, 5.41) is 11.8. The quantitative estimate of drug-likeness (QED) is 0.810. The number of carbonyl (C=O) groups is 1. The smallest absolute Gasteiger partial charge is 0.227 e. The fourth-order valence-corrected chi connectivity index (χ4v) is 3.15. The Balaban J connectivity index is 1.69. The predicted octanol–water partition coefficient (Wildman–Crippen LogP) is 0.832. The van der Waals surface area contributed by atoms with Gasteiger partial charge in [0.25, 0.3) is 0 Å². The topological polar surface area (TPSA) is 53.0 Å². The average molecular weight is 312 g/mol. The molecule has 5 nitrogen and oxygen atoms in total. The predicted molar refractivity (Wildman–Crippen MR) is 83.5 cm³/mol. The SMILES string of the molecule is CCOCC(O)CN1CCN(C(=O)Cc2cccs2)CC1.